The standard InChI is InChI=1S/C16H22N2O2/c1-12-6-7-15(18(2)11-12)8-9-17-14-5-3-4-13(10-14)16(19)20/h3-5,9-10,12,15H,6-8,11H2,1-2H3,(H,19,20). The highest BCUT2D eigenvalue weighted by Crippen LogP contribution is 2.22. The van der Waals surface area contributed by atoms with E-state index < -0.39 is 5.97 Å². The lowest BCUT2D eigenvalue weighted by atomic mass is 9.93. The summed E-state index contributed by atoms with van der Waals surface area (Å²) < 4.78 is 0. The van der Waals surface area contributed by atoms with Crippen LogP contribution < -0.4 is 0 Å². The summed E-state index contributed by atoms with van der Waals surface area (Å²) in [5.74, 6) is -0.136. The highest BCUT2D eigenvalue weighted by Gasteiger charge is 2.21. The average Bonchev–Trinajstić information content (AvgIpc) is 2.41. The molecule has 2 atom stereocenters. The number of aliphatic imine (C=N–C) groups is 1. The molecule has 0 bridgehead atoms. The van der Waals surface area contributed by atoms with Crippen molar-refractivity contribution in [2.24, 2.45) is 10.9 Å². The van der Waals surface area contributed by atoms with E-state index in [1.54, 1.807) is 18.2 Å². The molecule has 1 aromatic carbocycles. The molecular formula is C16H22N2O2. The molecule has 0 radical (unpaired) electrons. The number of carboxylic acid groups (broad SMARTS) is 1. The number of aromatic carboxylic acids is 1. The summed E-state index contributed by atoms with van der Waals surface area (Å²) in [5.41, 5.74) is 0.986. The average molecular weight is 274 g/mol. The molecule has 0 spiro atoms. The number of carbonyl (C=O) groups is 1. The molecule has 1 aliphatic rings. The number of rotatable bonds is 4. The van der Waals surface area contributed by atoms with Gasteiger partial charge in [0.1, 0.15) is 0 Å². The van der Waals surface area contributed by atoms with Crippen molar-refractivity contribution in [3.8, 4) is 0 Å². The van der Waals surface area contributed by atoms with Crippen molar-refractivity contribution in [3.63, 3.8) is 0 Å². The van der Waals surface area contributed by atoms with E-state index in [2.05, 4.69) is 23.9 Å². The normalized spacial score (nSPS) is 24.1. The Morgan fingerprint density at radius 1 is 1.50 bits per heavy atom. The van der Waals surface area contributed by atoms with Gasteiger partial charge in [-0.2, -0.15) is 0 Å². The molecule has 1 heterocycles. The van der Waals surface area contributed by atoms with E-state index in [4.69, 9.17) is 5.11 Å². The monoisotopic (exact) mass is 274 g/mol. The molecule has 1 fully saturated rings. The van der Waals surface area contributed by atoms with Crippen LogP contribution in [-0.4, -0.2) is 41.8 Å². The lowest BCUT2D eigenvalue weighted by Crippen LogP contribution is -2.39. The third-order valence-electron chi connectivity index (χ3n) is 3.93. The number of nitrogens with zero attached hydrogens (tertiary/aromatic N) is 2. The van der Waals surface area contributed by atoms with E-state index in [9.17, 15) is 4.79 Å². The molecule has 2 rings (SSSR count). The van der Waals surface area contributed by atoms with Gasteiger partial charge in [0.15, 0.2) is 0 Å². The van der Waals surface area contributed by atoms with E-state index in [1.807, 2.05) is 12.3 Å². The first-order valence-corrected chi connectivity index (χ1v) is 7.12. The number of benzene rings is 1. The Balaban J connectivity index is 1.93. The van der Waals surface area contributed by atoms with Crippen LogP contribution in [0.1, 0.15) is 36.5 Å². The van der Waals surface area contributed by atoms with Crippen LogP contribution in [0.4, 0.5) is 5.69 Å². The Morgan fingerprint density at radius 2 is 2.30 bits per heavy atom. The van der Waals surface area contributed by atoms with Crippen molar-refractivity contribution >= 4 is 17.9 Å². The van der Waals surface area contributed by atoms with Crippen molar-refractivity contribution in [2.45, 2.75) is 32.2 Å². The van der Waals surface area contributed by atoms with Crippen LogP contribution in [0.25, 0.3) is 0 Å². The molecular weight excluding hydrogens is 252 g/mol. The van der Waals surface area contributed by atoms with Gasteiger partial charge in [0.2, 0.25) is 0 Å². The number of carboxylic acids is 1. The lowest BCUT2D eigenvalue weighted by Gasteiger charge is -2.35. The molecule has 0 aromatic heterocycles. The van der Waals surface area contributed by atoms with E-state index >= 15 is 0 Å². The quantitative estimate of drug-likeness (QED) is 0.858. The smallest absolute Gasteiger partial charge is 0.335 e. The number of hydrogen-bond donors (Lipinski definition) is 1. The molecule has 0 saturated carbocycles. The first kappa shape index (κ1) is 14.7. The predicted octanol–water partition coefficient (Wildman–Crippen LogP) is 3.21. The molecule has 2 unspecified atom stereocenters. The molecule has 4 nitrogen and oxygen atoms in total. The molecule has 1 aromatic rings. The Bertz CT molecular complexity index is 499. The van der Waals surface area contributed by atoms with Gasteiger partial charge in [0.25, 0.3) is 0 Å². The fraction of sp³-hybridized carbons (Fsp3) is 0.500. The molecule has 108 valence electrons. The number of likely N-dealkylation sites (tertiary alicyclic amines) is 1. The largest absolute Gasteiger partial charge is 0.478 e. The van der Waals surface area contributed by atoms with Crippen LogP contribution in [0.5, 0.6) is 0 Å². The first-order valence-electron chi connectivity index (χ1n) is 7.12. The maximum atomic E-state index is 10.9. The molecule has 0 amide bonds. The number of hydrogen-bond acceptors (Lipinski definition) is 3. The van der Waals surface area contributed by atoms with Gasteiger partial charge in [-0.25, -0.2) is 4.79 Å². The Labute approximate surface area is 120 Å². The second kappa shape index (κ2) is 6.66. The molecule has 1 N–H and O–H groups in total. The highest BCUT2D eigenvalue weighted by molar-refractivity contribution is 5.88. The minimum atomic E-state index is -0.914. The molecule has 20 heavy (non-hydrogen) atoms. The van der Waals surface area contributed by atoms with E-state index in [0.717, 1.165) is 18.9 Å². The minimum absolute atomic E-state index is 0.281. The molecule has 1 saturated heterocycles. The summed E-state index contributed by atoms with van der Waals surface area (Å²) in [5, 5.41) is 8.94. The van der Waals surface area contributed by atoms with Crippen LogP contribution in [0.3, 0.4) is 0 Å². The second-order valence-electron chi connectivity index (χ2n) is 5.68. The van der Waals surface area contributed by atoms with Gasteiger partial charge >= 0.3 is 5.97 Å². The zero-order valence-corrected chi connectivity index (χ0v) is 12.1. The summed E-state index contributed by atoms with van der Waals surface area (Å²) in [6, 6.07) is 7.29. The van der Waals surface area contributed by atoms with Crippen LogP contribution in [0, 0.1) is 5.92 Å². The zero-order valence-electron chi connectivity index (χ0n) is 12.1. The van der Waals surface area contributed by atoms with Gasteiger partial charge < -0.3 is 10.0 Å². The second-order valence-corrected chi connectivity index (χ2v) is 5.68. The van der Waals surface area contributed by atoms with Gasteiger partial charge in [-0.3, -0.25) is 4.99 Å². The van der Waals surface area contributed by atoms with Crippen molar-refractivity contribution in [3.05, 3.63) is 29.8 Å². The van der Waals surface area contributed by atoms with Gasteiger partial charge in [-0.1, -0.05) is 13.0 Å². The maximum Gasteiger partial charge on any atom is 0.335 e. The van der Waals surface area contributed by atoms with Crippen LogP contribution in [-0.2, 0) is 0 Å². The molecule has 0 aliphatic carbocycles. The first-order chi connectivity index (χ1) is 9.56. The Morgan fingerprint density at radius 3 is 3.00 bits per heavy atom. The third kappa shape index (κ3) is 3.90. The van der Waals surface area contributed by atoms with Crippen LogP contribution in [0.15, 0.2) is 29.3 Å². The minimum Gasteiger partial charge on any atom is -0.478 e. The van der Waals surface area contributed by atoms with Crippen molar-refractivity contribution in [2.75, 3.05) is 13.6 Å². The summed E-state index contributed by atoms with van der Waals surface area (Å²) in [6.45, 7) is 3.44. The topological polar surface area (TPSA) is 52.9 Å². The third-order valence-corrected chi connectivity index (χ3v) is 3.93. The summed E-state index contributed by atoms with van der Waals surface area (Å²) in [7, 11) is 2.17. The summed E-state index contributed by atoms with van der Waals surface area (Å²) in [6.07, 6.45) is 5.31. The van der Waals surface area contributed by atoms with E-state index in [0.29, 0.717) is 11.7 Å². The zero-order chi connectivity index (χ0) is 14.5. The summed E-state index contributed by atoms with van der Waals surface area (Å²) in [4.78, 5) is 17.7. The van der Waals surface area contributed by atoms with Gasteiger partial charge in [0, 0.05) is 18.8 Å². The Hall–Kier alpha value is -1.68. The lowest BCUT2D eigenvalue weighted by molar-refractivity contribution is 0.0697. The Kier molecular flexibility index (Phi) is 4.90. The maximum absolute atomic E-state index is 10.9. The van der Waals surface area contributed by atoms with Crippen LogP contribution in [0.2, 0.25) is 0 Å². The fourth-order valence-corrected chi connectivity index (χ4v) is 2.73. The van der Waals surface area contributed by atoms with E-state index in [1.165, 1.54) is 12.8 Å². The predicted molar refractivity (Wildman–Crippen MR) is 81.0 cm³/mol. The fourth-order valence-electron chi connectivity index (χ4n) is 2.73. The van der Waals surface area contributed by atoms with Crippen molar-refractivity contribution in [1.29, 1.82) is 0 Å². The van der Waals surface area contributed by atoms with Gasteiger partial charge in [-0.05, 0) is 50.4 Å². The van der Waals surface area contributed by atoms with Crippen molar-refractivity contribution < 1.29 is 9.90 Å². The SMILES string of the molecule is CC1CCC(CC=Nc2cccc(C(=O)O)c2)N(C)C1. The molecule has 1 aliphatic heterocycles. The van der Waals surface area contributed by atoms with Gasteiger partial charge in [0.05, 0.1) is 11.3 Å². The van der Waals surface area contributed by atoms with Crippen LogP contribution >= 0.6 is 0 Å². The van der Waals surface area contributed by atoms with E-state index in [-0.39, 0.29) is 5.56 Å². The van der Waals surface area contributed by atoms with Crippen molar-refractivity contribution in [1.82, 2.24) is 4.90 Å². The summed E-state index contributed by atoms with van der Waals surface area (Å²) >= 11 is 0. The highest BCUT2D eigenvalue weighted by atomic mass is 16.4. The molecule has 4 heteroatoms. The number of piperidine rings is 1. The van der Waals surface area contributed by atoms with Gasteiger partial charge in [-0.15, -0.1) is 0 Å².